The first kappa shape index (κ1) is 25.5. The molecule has 1 fully saturated rings. The molecule has 0 radical (unpaired) electrons. The van der Waals surface area contributed by atoms with Crippen molar-refractivity contribution in [3.63, 3.8) is 0 Å². The third kappa shape index (κ3) is 5.80. The molecule has 2 heterocycles. The Morgan fingerprint density at radius 1 is 1.17 bits per heavy atom. The minimum atomic E-state index is -4.66. The van der Waals surface area contributed by atoms with E-state index in [0.717, 1.165) is 29.5 Å². The van der Waals surface area contributed by atoms with Gasteiger partial charge in [0.15, 0.2) is 0 Å². The molecule has 1 aliphatic rings. The molecule has 0 spiro atoms. The maximum atomic E-state index is 13.5. The van der Waals surface area contributed by atoms with Crippen molar-refractivity contribution in [3.05, 3.63) is 64.0 Å². The number of nitrogens with one attached hydrogen (secondary N) is 1. The number of carbonyl (C=O) groups excluding carboxylic acids is 1. The molecule has 1 atom stereocenters. The van der Waals surface area contributed by atoms with E-state index in [4.69, 9.17) is 16.3 Å². The summed E-state index contributed by atoms with van der Waals surface area (Å²) in [5.74, 6) is -0.432. The van der Waals surface area contributed by atoms with Crippen molar-refractivity contribution in [1.29, 1.82) is 0 Å². The number of halogens is 4. The molecule has 2 aromatic carbocycles. The van der Waals surface area contributed by atoms with Crippen LogP contribution >= 0.6 is 22.9 Å². The molecule has 35 heavy (non-hydrogen) atoms. The number of ether oxygens (including phenoxy) is 1. The highest BCUT2D eigenvalue weighted by Gasteiger charge is 2.36. The van der Waals surface area contributed by atoms with Gasteiger partial charge in [-0.15, -0.1) is 11.3 Å². The fourth-order valence-electron chi connectivity index (χ4n) is 3.71. The smallest absolute Gasteiger partial charge is 0.419 e. The third-order valence-electron chi connectivity index (χ3n) is 5.47. The van der Waals surface area contributed by atoms with Gasteiger partial charge in [-0.2, -0.15) is 13.2 Å². The summed E-state index contributed by atoms with van der Waals surface area (Å²) in [5, 5.41) is 0. The van der Waals surface area contributed by atoms with Crippen LogP contribution in [0.25, 0.3) is 11.1 Å². The van der Waals surface area contributed by atoms with Crippen LogP contribution in [0.2, 0.25) is 4.34 Å². The third-order valence-corrected chi connectivity index (χ3v) is 8.68. The van der Waals surface area contributed by atoms with Gasteiger partial charge in [0.25, 0.3) is 10.0 Å². The summed E-state index contributed by atoms with van der Waals surface area (Å²) in [6.45, 7) is 1.16. The fourth-order valence-corrected chi connectivity index (χ4v) is 6.53. The van der Waals surface area contributed by atoms with Gasteiger partial charge in [-0.05, 0) is 37.2 Å². The van der Waals surface area contributed by atoms with E-state index in [9.17, 15) is 26.4 Å². The van der Waals surface area contributed by atoms with Crippen molar-refractivity contribution in [1.82, 2.24) is 4.90 Å². The van der Waals surface area contributed by atoms with Crippen molar-refractivity contribution in [3.8, 4) is 16.9 Å². The van der Waals surface area contributed by atoms with Gasteiger partial charge in [0, 0.05) is 30.3 Å². The SMILES string of the molecule is CN1CC[C@@H](Oc2cc(NS(=O)(=O)c3cc(-c4ccc(C=O)cc4)c(Cl)s3)ccc2C(F)(F)F)C1. The summed E-state index contributed by atoms with van der Waals surface area (Å²) in [6.07, 6.45) is -3.84. The van der Waals surface area contributed by atoms with E-state index >= 15 is 0 Å². The highest BCUT2D eigenvalue weighted by atomic mass is 35.5. The Balaban J connectivity index is 1.61. The van der Waals surface area contributed by atoms with E-state index < -0.39 is 33.6 Å². The van der Waals surface area contributed by atoms with E-state index in [1.54, 1.807) is 24.3 Å². The lowest BCUT2D eigenvalue weighted by Crippen LogP contribution is -2.23. The number of rotatable bonds is 7. The minimum Gasteiger partial charge on any atom is -0.488 e. The molecule has 0 saturated carbocycles. The van der Waals surface area contributed by atoms with Crippen molar-refractivity contribution in [2.45, 2.75) is 22.9 Å². The Bertz CT molecular complexity index is 1340. The molecule has 3 aromatic rings. The van der Waals surface area contributed by atoms with Crippen LogP contribution in [0.4, 0.5) is 18.9 Å². The number of sulfonamides is 1. The van der Waals surface area contributed by atoms with Crippen molar-refractivity contribution >= 4 is 44.9 Å². The zero-order chi connectivity index (χ0) is 25.4. The van der Waals surface area contributed by atoms with E-state index in [1.165, 1.54) is 6.07 Å². The summed E-state index contributed by atoms with van der Waals surface area (Å²) in [6, 6.07) is 10.7. The van der Waals surface area contributed by atoms with Crippen molar-refractivity contribution < 1.29 is 31.1 Å². The molecule has 6 nitrogen and oxygen atoms in total. The molecule has 0 aliphatic carbocycles. The van der Waals surface area contributed by atoms with Crippen molar-refractivity contribution in [2.75, 3.05) is 24.9 Å². The van der Waals surface area contributed by atoms with Gasteiger partial charge in [0.2, 0.25) is 0 Å². The monoisotopic (exact) mass is 544 g/mol. The number of benzene rings is 2. The van der Waals surface area contributed by atoms with Crippen LogP contribution in [0.5, 0.6) is 5.75 Å². The van der Waals surface area contributed by atoms with Gasteiger partial charge in [-0.25, -0.2) is 8.42 Å². The number of hydrogen-bond donors (Lipinski definition) is 1. The number of carbonyl (C=O) groups is 1. The van der Waals surface area contributed by atoms with Gasteiger partial charge >= 0.3 is 6.18 Å². The predicted molar refractivity (Wildman–Crippen MR) is 129 cm³/mol. The first-order valence-corrected chi connectivity index (χ1v) is 13.1. The number of thiophene rings is 1. The van der Waals surface area contributed by atoms with Gasteiger partial charge in [-0.1, -0.05) is 35.9 Å². The van der Waals surface area contributed by atoms with Crippen LogP contribution in [0, 0.1) is 0 Å². The number of nitrogens with zero attached hydrogens (tertiary/aromatic N) is 1. The Morgan fingerprint density at radius 2 is 1.89 bits per heavy atom. The van der Waals surface area contributed by atoms with Gasteiger partial charge in [0.1, 0.15) is 26.7 Å². The van der Waals surface area contributed by atoms with Crippen LogP contribution in [-0.4, -0.2) is 45.8 Å². The zero-order valence-corrected chi connectivity index (χ0v) is 20.7. The fraction of sp³-hybridized carbons (Fsp3) is 0.261. The van der Waals surface area contributed by atoms with Gasteiger partial charge in [-0.3, -0.25) is 9.52 Å². The molecule has 0 amide bonds. The van der Waals surface area contributed by atoms with Gasteiger partial charge in [0.05, 0.1) is 11.3 Å². The largest absolute Gasteiger partial charge is 0.488 e. The molecule has 12 heteroatoms. The van der Waals surface area contributed by atoms with Gasteiger partial charge < -0.3 is 9.64 Å². The number of anilines is 1. The maximum Gasteiger partial charge on any atom is 0.419 e. The molecular formula is C23H20ClF3N2O4S2. The minimum absolute atomic E-state index is 0.0687. The second-order valence-electron chi connectivity index (χ2n) is 8.10. The first-order chi connectivity index (χ1) is 16.5. The van der Waals surface area contributed by atoms with Crippen LogP contribution < -0.4 is 9.46 Å². The molecule has 1 N–H and O–H groups in total. The molecule has 4 rings (SSSR count). The normalized spacial score (nSPS) is 16.9. The van der Waals surface area contributed by atoms with Crippen LogP contribution in [-0.2, 0) is 16.2 Å². The average Bonchev–Trinajstić information content (AvgIpc) is 3.38. The molecule has 1 saturated heterocycles. The summed E-state index contributed by atoms with van der Waals surface area (Å²) in [7, 11) is -2.31. The van der Waals surface area contributed by atoms with E-state index in [2.05, 4.69) is 4.72 Å². The zero-order valence-electron chi connectivity index (χ0n) is 18.3. The summed E-state index contributed by atoms with van der Waals surface area (Å²) in [5.41, 5.74) is 0.483. The number of likely N-dealkylation sites (N-methyl/N-ethyl adjacent to an activating group) is 1. The Kier molecular flexibility index (Phi) is 7.14. The highest BCUT2D eigenvalue weighted by molar-refractivity contribution is 7.94. The highest BCUT2D eigenvalue weighted by Crippen LogP contribution is 2.41. The molecule has 186 valence electrons. The molecule has 1 aliphatic heterocycles. The number of alkyl halides is 3. The molecule has 0 bridgehead atoms. The Labute approximate surface area is 209 Å². The molecule has 0 unspecified atom stereocenters. The lowest BCUT2D eigenvalue weighted by atomic mass is 10.1. The van der Waals surface area contributed by atoms with E-state index in [0.29, 0.717) is 42.5 Å². The standard InChI is InChI=1S/C23H20ClF3N2O4S2/c1-29-9-8-17(12-29)33-20-10-16(6-7-19(20)23(25,26)27)28-35(31,32)21-11-18(22(24)34-21)15-4-2-14(13-30)3-5-15/h2-7,10-11,13,17,28H,8-9,12H2,1H3/t17-/m1/s1. The Morgan fingerprint density at radius 3 is 2.49 bits per heavy atom. The average molecular weight is 545 g/mol. The van der Waals surface area contributed by atoms with E-state index in [-0.39, 0.29) is 14.2 Å². The number of likely N-dealkylation sites (tertiary alicyclic amines) is 1. The maximum absolute atomic E-state index is 13.5. The second-order valence-corrected chi connectivity index (χ2v) is 11.7. The van der Waals surface area contributed by atoms with Crippen molar-refractivity contribution in [2.24, 2.45) is 0 Å². The second kappa shape index (κ2) is 9.81. The predicted octanol–water partition coefficient (Wildman–Crippen LogP) is 5.78. The summed E-state index contributed by atoms with van der Waals surface area (Å²) in [4.78, 5) is 12.8. The summed E-state index contributed by atoms with van der Waals surface area (Å²) >= 11 is 7.09. The van der Waals surface area contributed by atoms with Crippen LogP contribution in [0.3, 0.4) is 0 Å². The van der Waals surface area contributed by atoms with Crippen LogP contribution in [0.15, 0.2) is 52.7 Å². The summed E-state index contributed by atoms with van der Waals surface area (Å²) < 4.78 is 74.6. The van der Waals surface area contributed by atoms with Crippen LogP contribution in [0.1, 0.15) is 22.3 Å². The lowest BCUT2D eigenvalue weighted by molar-refractivity contribution is -0.139. The lowest BCUT2D eigenvalue weighted by Gasteiger charge is -2.19. The number of hydrogen-bond acceptors (Lipinski definition) is 6. The molecular weight excluding hydrogens is 525 g/mol. The molecule has 1 aromatic heterocycles. The topological polar surface area (TPSA) is 75.7 Å². The quantitative estimate of drug-likeness (QED) is 0.381. The number of aldehydes is 1. The van der Waals surface area contributed by atoms with E-state index in [1.807, 2.05) is 11.9 Å². The Hall–Kier alpha value is -2.60. The first-order valence-electron chi connectivity index (χ1n) is 10.4.